The molecular weight excluding hydrogens is 258 g/mol. The van der Waals surface area contributed by atoms with Gasteiger partial charge in [0.1, 0.15) is 5.15 Å². The van der Waals surface area contributed by atoms with E-state index in [2.05, 4.69) is 5.10 Å². The van der Waals surface area contributed by atoms with Crippen LogP contribution in [0.4, 0.5) is 5.69 Å². The lowest BCUT2D eigenvalue weighted by Gasteiger charge is -2.02. The maximum atomic E-state index is 10.5. The Morgan fingerprint density at radius 2 is 2.11 bits per heavy atom. The number of nitrogens with zero attached hydrogens (tertiary/aromatic N) is 3. The first-order valence-corrected chi connectivity index (χ1v) is 5.48. The molecule has 0 saturated carbocycles. The zero-order valence-electron chi connectivity index (χ0n) is 9.54. The van der Waals surface area contributed by atoms with Gasteiger partial charge in [0.05, 0.1) is 22.9 Å². The van der Waals surface area contributed by atoms with Gasteiger partial charge < -0.3 is 4.74 Å². The van der Waals surface area contributed by atoms with E-state index in [1.807, 2.05) is 0 Å². The molecule has 0 unspecified atom stereocenters. The van der Waals surface area contributed by atoms with Crippen molar-refractivity contribution < 1.29 is 9.66 Å². The summed E-state index contributed by atoms with van der Waals surface area (Å²) in [7, 11) is 1.57. The Balaban J connectivity index is 2.33. The molecule has 0 amide bonds. The van der Waals surface area contributed by atoms with E-state index in [4.69, 9.17) is 16.3 Å². The van der Waals surface area contributed by atoms with Gasteiger partial charge in [0.2, 0.25) is 0 Å². The molecule has 7 heteroatoms. The highest BCUT2D eigenvalue weighted by Gasteiger charge is 2.09. The van der Waals surface area contributed by atoms with Crippen molar-refractivity contribution in [2.24, 2.45) is 0 Å². The van der Waals surface area contributed by atoms with Crippen LogP contribution in [0.25, 0.3) is 5.69 Å². The Bertz CT molecular complexity index is 565. The third kappa shape index (κ3) is 2.49. The molecule has 2 aromatic rings. The van der Waals surface area contributed by atoms with Crippen LogP contribution in [0.5, 0.6) is 0 Å². The predicted molar refractivity (Wildman–Crippen MR) is 65.9 cm³/mol. The molecule has 1 aromatic carbocycles. The summed E-state index contributed by atoms with van der Waals surface area (Å²) in [5.74, 6) is 0. The standard InChI is InChI=1S/C11H10ClN3O3/c1-18-7-8-6-11(12)14(13-8)9-2-4-10(5-3-9)15(16)17/h2-6H,7H2,1H3. The molecule has 0 spiro atoms. The monoisotopic (exact) mass is 267 g/mol. The quantitative estimate of drug-likeness (QED) is 0.630. The van der Waals surface area contributed by atoms with Crippen molar-refractivity contribution in [3.05, 3.63) is 51.3 Å². The van der Waals surface area contributed by atoms with Crippen molar-refractivity contribution in [2.75, 3.05) is 7.11 Å². The minimum atomic E-state index is -0.454. The van der Waals surface area contributed by atoms with Crippen LogP contribution in [-0.4, -0.2) is 21.8 Å². The van der Waals surface area contributed by atoms with Crippen molar-refractivity contribution in [3.8, 4) is 5.69 Å². The van der Waals surface area contributed by atoms with Gasteiger partial charge in [0.25, 0.3) is 5.69 Å². The summed E-state index contributed by atoms with van der Waals surface area (Å²) in [6, 6.07) is 7.68. The number of nitro benzene ring substituents is 1. The van der Waals surface area contributed by atoms with Gasteiger partial charge in [-0.05, 0) is 12.1 Å². The number of methoxy groups -OCH3 is 1. The number of halogens is 1. The number of aromatic nitrogens is 2. The lowest BCUT2D eigenvalue weighted by molar-refractivity contribution is -0.384. The van der Waals surface area contributed by atoms with Gasteiger partial charge in [-0.1, -0.05) is 11.6 Å². The van der Waals surface area contributed by atoms with Gasteiger partial charge in [0, 0.05) is 25.3 Å². The highest BCUT2D eigenvalue weighted by atomic mass is 35.5. The Hall–Kier alpha value is -1.92. The molecule has 0 bridgehead atoms. The highest BCUT2D eigenvalue weighted by molar-refractivity contribution is 6.29. The van der Waals surface area contributed by atoms with E-state index in [0.717, 1.165) is 0 Å². The SMILES string of the molecule is COCc1cc(Cl)n(-c2ccc([N+](=O)[O-])cc2)n1. The maximum absolute atomic E-state index is 10.5. The zero-order valence-corrected chi connectivity index (χ0v) is 10.3. The summed E-state index contributed by atoms with van der Waals surface area (Å²) in [5, 5.41) is 15.2. The van der Waals surface area contributed by atoms with E-state index in [9.17, 15) is 10.1 Å². The molecule has 6 nitrogen and oxygen atoms in total. The van der Waals surface area contributed by atoms with E-state index in [1.54, 1.807) is 25.3 Å². The highest BCUT2D eigenvalue weighted by Crippen LogP contribution is 2.20. The fourth-order valence-corrected chi connectivity index (χ4v) is 1.78. The Morgan fingerprint density at radius 1 is 1.44 bits per heavy atom. The summed E-state index contributed by atoms with van der Waals surface area (Å²) in [4.78, 5) is 10.1. The lowest BCUT2D eigenvalue weighted by Crippen LogP contribution is -1.98. The second-order valence-electron chi connectivity index (χ2n) is 3.58. The summed E-state index contributed by atoms with van der Waals surface area (Å²) in [6.07, 6.45) is 0. The fourth-order valence-electron chi connectivity index (χ4n) is 1.52. The van der Waals surface area contributed by atoms with E-state index >= 15 is 0 Å². The van der Waals surface area contributed by atoms with Crippen molar-refractivity contribution in [2.45, 2.75) is 6.61 Å². The normalized spacial score (nSPS) is 10.6. The average Bonchev–Trinajstić information content (AvgIpc) is 2.71. The number of hydrogen-bond donors (Lipinski definition) is 0. The van der Waals surface area contributed by atoms with Crippen molar-refractivity contribution >= 4 is 17.3 Å². The molecule has 0 radical (unpaired) electrons. The number of benzene rings is 1. The molecular formula is C11H10ClN3O3. The van der Waals surface area contributed by atoms with Crippen molar-refractivity contribution in [1.29, 1.82) is 0 Å². The largest absolute Gasteiger partial charge is 0.378 e. The first-order chi connectivity index (χ1) is 8.61. The first-order valence-electron chi connectivity index (χ1n) is 5.10. The molecule has 18 heavy (non-hydrogen) atoms. The Labute approximate surface area is 108 Å². The zero-order chi connectivity index (χ0) is 13.1. The summed E-state index contributed by atoms with van der Waals surface area (Å²) in [5.41, 5.74) is 1.38. The first kappa shape index (κ1) is 12.5. The molecule has 1 heterocycles. The minimum absolute atomic E-state index is 0.0270. The van der Waals surface area contributed by atoms with Crippen LogP contribution in [0.15, 0.2) is 30.3 Å². The van der Waals surface area contributed by atoms with Gasteiger partial charge in [-0.15, -0.1) is 0 Å². The van der Waals surface area contributed by atoms with E-state index in [1.165, 1.54) is 16.8 Å². The van der Waals surface area contributed by atoms with Crippen LogP contribution < -0.4 is 0 Å². The summed E-state index contributed by atoms with van der Waals surface area (Å²) in [6.45, 7) is 0.361. The number of ether oxygens (including phenoxy) is 1. The number of hydrogen-bond acceptors (Lipinski definition) is 4. The van der Waals surface area contributed by atoms with E-state index in [-0.39, 0.29) is 5.69 Å². The van der Waals surface area contributed by atoms with Crippen molar-refractivity contribution in [3.63, 3.8) is 0 Å². The smallest absolute Gasteiger partial charge is 0.269 e. The van der Waals surface area contributed by atoms with Gasteiger partial charge in [-0.3, -0.25) is 10.1 Å². The molecule has 0 saturated heterocycles. The lowest BCUT2D eigenvalue weighted by atomic mass is 10.3. The van der Waals surface area contributed by atoms with Crippen LogP contribution in [0, 0.1) is 10.1 Å². The van der Waals surface area contributed by atoms with Gasteiger partial charge in [-0.25, -0.2) is 4.68 Å². The average molecular weight is 268 g/mol. The second kappa shape index (κ2) is 5.16. The Kier molecular flexibility index (Phi) is 3.59. The molecule has 0 aliphatic carbocycles. The molecule has 0 N–H and O–H groups in total. The van der Waals surface area contributed by atoms with Crippen LogP contribution >= 0.6 is 11.6 Å². The fraction of sp³-hybridized carbons (Fsp3) is 0.182. The third-order valence-electron chi connectivity index (χ3n) is 2.31. The molecule has 0 aliphatic rings. The van der Waals surface area contributed by atoms with Crippen LogP contribution in [-0.2, 0) is 11.3 Å². The minimum Gasteiger partial charge on any atom is -0.378 e. The van der Waals surface area contributed by atoms with Crippen LogP contribution in [0.2, 0.25) is 5.15 Å². The Morgan fingerprint density at radius 3 is 2.67 bits per heavy atom. The third-order valence-corrected chi connectivity index (χ3v) is 2.58. The van der Waals surface area contributed by atoms with E-state index < -0.39 is 4.92 Å². The molecule has 0 fully saturated rings. The summed E-state index contributed by atoms with van der Waals surface area (Å²) >= 11 is 6.03. The van der Waals surface area contributed by atoms with Gasteiger partial charge >= 0.3 is 0 Å². The molecule has 94 valence electrons. The number of nitro groups is 1. The van der Waals surface area contributed by atoms with Gasteiger partial charge in [0.15, 0.2) is 0 Å². The number of non-ortho nitro benzene ring substituents is 1. The molecule has 2 rings (SSSR count). The van der Waals surface area contributed by atoms with Gasteiger partial charge in [-0.2, -0.15) is 5.10 Å². The van der Waals surface area contributed by atoms with Crippen LogP contribution in [0.3, 0.4) is 0 Å². The topological polar surface area (TPSA) is 70.2 Å². The van der Waals surface area contributed by atoms with E-state index in [0.29, 0.717) is 23.1 Å². The second-order valence-corrected chi connectivity index (χ2v) is 3.96. The van der Waals surface area contributed by atoms with Crippen LogP contribution in [0.1, 0.15) is 5.69 Å². The maximum Gasteiger partial charge on any atom is 0.269 e. The molecule has 1 aromatic heterocycles. The molecule has 0 atom stereocenters. The van der Waals surface area contributed by atoms with Crippen molar-refractivity contribution in [1.82, 2.24) is 9.78 Å². The molecule has 0 aliphatic heterocycles. The predicted octanol–water partition coefficient (Wildman–Crippen LogP) is 2.58. The number of rotatable bonds is 4. The summed E-state index contributed by atoms with van der Waals surface area (Å²) < 4.78 is 6.46.